The second-order valence-electron chi connectivity index (χ2n) is 8.18. The van der Waals surface area contributed by atoms with E-state index in [0.717, 1.165) is 32.5 Å². The first-order valence-corrected chi connectivity index (χ1v) is 12.4. The molecule has 2 aromatic carbocycles. The van der Waals surface area contributed by atoms with Crippen molar-refractivity contribution in [1.82, 2.24) is 4.90 Å². The third kappa shape index (κ3) is 4.32. The van der Waals surface area contributed by atoms with Gasteiger partial charge in [0.25, 0.3) is 0 Å². The Morgan fingerprint density at radius 2 is 2.03 bits per heavy atom. The van der Waals surface area contributed by atoms with Gasteiger partial charge in [-0.25, -0.2) is 0 Å². The van der Waals surface area contributed by atoms with Gasteiger partial charge >= 0.3 is 0 Å². The number of Topliss-reactive ketones (excluding diaryl/α,β-unsaturated/α-hetero) is 1. The van der Waals surface area contributed by atoms with Gasteiger partial charge in [0, 0.05) is 22.5 Å². The molecule has 0 saturated carbocycles. The lowest BCUT2D eigenvalue weighted by atomic mass is 9.91. The molecule has 4 rings (SSSR count). The molecule has 2 heterocycles. The largest absolute Gasteiger partial charge is 0.490 e. The normalized spacial score (nSPS) is 24.8. The zero-order valence-corrected chi connectivity index (χ0v) is 20.7. The van der Waals surface area contributed by atoms with Gasteiger partial charge in [0.05, 0.1) is 10.0 Å². The van der Waals surface area contributed by atoms with Gasteiger partial charge in [0.15, 0.2) is 5.78 Å². The summed E-state index contributed by atoms with van der Waals surface area (Å²) in [6.45, 7) is 7.48. The number of rotatable bonds is 4. The first-order valence-electron chi connectivity index (χ1n) is 10.0. The van der Waals surface area contributed by atoms with Gasteiger partial charge in [-0.2, -0.15) is 0 Å². The first kappa shape index (κ1) is 21.4. The molecule has 6 heteroatoms. The Kier molecular flexibility index (Phi) is 6.45. The van der Waals surface area contributed by atoms with Crippen LogP contribution in [-0.4, -0.2) is 41.7 Å². The van der Waals surface area contributed by atoms with Gasteiger partial charge in [0.2, 0.25) is 0 Å². The Morgan fingerprint density at radius 1 is 1.28 bits per heavy atom. The van der Waals surface area contributed by atoms with Crippen molar-refractivity contribution in [2.75, 3.05) is 26.2 Å². The van der Waals surface area contributed by atoms with E-state index in [1.54, 1.807) is 11.8 Å². The average Bonchev–Trinajstić information content (AvgIpc) is 2.70. The summed E-state index contributed by atoms with van der Waals surface area (Å²) in [5.41, 5.74) is 1.71. The molecular formula is C23H25Br2NO2S. The summed E-state index contributed by atoms with van der Waals surface area (Å²) in [4.78, 5) is 17.5. The van der Waals surface area contributed by atoms with Crippen molar-refractivity contribution >= 4 is 49.4 Å². The number of hydrogen-bond acceptors (Lipinski definition) is 4. The van der Waals surface area contributed by atoms with Crippen LogP contribution in [0.1, 0.15) is 35.7 Å². The number of thioether (sulfide) groups is 1. The Bertz CT molecular complexity index is 921. The predicted octanol–water partition coefficient (Wildman–Crippen LogP) is 6.36. The number of ether oxygens (including phenoxy) is 1. The van der Waals surface area contributed by atoms with Gasteiger partial charge in [-0.1, -0.05) is 41.1 Å². The lowest BCUT2D eigenvalue weighted by molar-refractivity contribution is 0.0784. The fraction of sp³-hybridized carbons (Fsp3) is 0.435. The highest BCUT2D eigenvalue weighted by Crippen LogP contribution is 2.46. The monoisotopic (exact) mass is 537 g/mol. The summed E-state index contributed by atoms with van der Waals surface area (Å²) in [5.74, 6) is 1.50. The summed E-state index contributed by atoms with van der Waals surface area (Å²) >= 11 is 8.89. The molecule has 1 fully saturated rings. The molecule has 154 valence electrons. The topological polar surface area (TPSA) is 29.5 Å². The lowest BCUT2D eigenvalue weighted by Crippen LogP contribution is -2.54. The van der Waals surface area contributed by atoms with Crippen molar-refractivity contribution in [2.24, 2.45) is 5.92 Å². The van der Waals surface area contributed by atoms with E-state index in [2.05, 4.69) is 55.8 Å². The molecule has 0 aromatic heterocycles. The smallest absolute Gasteiger partial charge is 0.187 e. The number of carbonyl (C=O) groups is 1. The van der Waals surface area contributed by atoms with E-state index in [0.29, 0.717) is 30.4 Å². The summed E-state index contributed by atoms with van der Waals surface area (Å²) in [6.07, 6.45) is 2.46. The second kappa shape index (κ2) is 8.74. The average molecular weight is 539 g/mol. The molecule has 0 spiro atoms. The Labute approximate surface area is 193 Å². The van der Waals surface area contributed by atoms with Crippen LogP contribution in [0.2, 0.25) is 0 Å². The zero-order valence-electron chi connectivity index (χ0n) is 16.7. The quantitative estimate of drug-likeness (QED) is 0.453. The van der Waals surface area contributed by atoms with E-state index in [4.69, 9.17) is 4.74 Å². The molecule has 0 aliphatic carbocycles. The van der Waals surface area contributed by atoms with Crippen molar-refractivity contribution in [3.8, 4) is 5.75 Å². The first-order chi connectivity index (χ1) is 13.9. The van der Waals surface area contributed by atoms with Crippen LogP contribution in [0.3, 0.4) is 0 Å². The van der Waals surface area contributed by atoms with Gasteiger partial charge in [-0.3, -0.25) is 4.79 Å². The number of nitrogens with zero attached hydrogens (tertiary/aromatic N) is 1. The molecule has 2 atom stereocenters. The van der Waals surface area contributed by atoms with Crippen molar-refractivity contribution in [2.45, 2.75) is 36.3 Å². The fourth-order valence-corrected chi connectivity index (χ4v) is 6.78. The van der Waals surface area contributed by atoms with Crippen molar-refractivity contribution in [3.05, 3.63) is 56.5 Å². The molecule has 0 amide bonds. The SMILES string of the molecule is Cc1c(Br)cc2c(c1Br)OC[C@](CN1CCC[C@H](C)C1)(Sc1ccccc1)C2=O. The molecule has 0 radical (unpaired) electrons. The molecule has 0 N–H and O–H groups in total. The summed E-state index contributed by atoms with van der Waals surface area (Å²) in [6, 6.07) is 12.1. The second-order valence-corrected chi connectivity index (χ2v) is 11.3. The number of halogens is 2. The molecule has 29 heavy (non-hydrogen) atoms. The zero-order chi connectivity index (χ0) is 20.6. The molecule has 0 bridgehead atoms. The molecule has 0 unspecified atom stereocenters. The summed E-state index contributed by atoms with van der Waals surface area (Å²) in [7, 11) is 0. The van der Waals surface area contributed by atoms with Crippen LogP contribution >= 0.6 is 43.6 Å². The van der Waals surface area contributed by atoms with Gasteiger partial charge < -0.3 is 9.64 Å². The fourth-order valence-electron chi connectivity index (χ4n) is 4.23. The lowest BCUT2D eigenvalue weighted by Gasteiger charge is -2.42. The van der Waals surface area contributed by atoms with E-state index < -0.39 is 4.75 Å². The van der Waals surface area contributed by atoms with E-state index in [1.807, 2.05) is 31.2 Å². The number of piperidine rings is 1. The van der Waals surface area contributed by atoms with E-state index >= 15 is 0 Å². The molecular weight excluding hydrogens is 514 g/mol. The minimum absolute atomic E-state index is 0.159. The third-order valence-electron chi connectivity index (χ3n) is 5.79. The molecule has 2 aliphatic rings. The number of benzene rings is 2. The van der Waals surface area contributed by atoms with Crippen LogP contribution in [-0.2, 0) is 0 Å². The third-order valence-corrected chi connectivity index (χ3v) is 8.90. The molecule has 3 nitrogen and oxygen atoms in total. The van der Waals surface area contributed by atoms with Gasteiger partial charge in [-0.15, -0.1) is 11.8 Å². The number of ketones is 1. The summed E-state index contributed by atoms with van der Waals surface area (Å²) in [5, 5.41) is 0. The molecule has 2 aliphatic heterocycles. The maximum atomic E-state index is 13.9. The van der Waals surface area contributed by atoms with Crippen LogP contribution in [0.25, 0.3) is 0 Å². The highest BCUT2D eigenvalue weighted by atomic mass is 79.9. The van der Waals surface area contributed by atoms with Crippen LogP contribution in [0.15, 0.2) is 50.2 Å². The number of carbonyl (C=O) groups excluding carboxylic acids is 1. The van der Waals surface area contributed by atoms with Crippen LogP contribution < -0.4 is 4.74 Å². The van der Waals surface area contributed by atoms with Crippen molar-refractivity contribution in [1.29, 1.82) is 0 Å². The van der Waals surface area contributed by atoms with E-state index in [9.17, 15) is 4.79 Å². The van der Waals surface area contributed by atoms with Gasteiger partial charge in [0.1, 0.15) is 17.1 Å². The van der Waals surface area contributed by atoms with Crippen LogP contribution in [0, 0.1) is 12.8 Å². The maximum Gasteiger partial charge on any atom is 0.187 e. The van der Waals surface area contributed by atoms with Crippen LogP contribution in [0.5, 0.6) is 5.75 Å². The van der Waals surface area contributed by atoms with Crippen molar-refractivity contribution in [3.63, 3.8) is 0 Å². The standard InChI is InChI=1S/C23H25Br2NO2S/c1-15-7-6-10-26(12-15)13-23(29-17-8-4-3-5-9-17)14-28-21-18(22(23)27)11-19(24)16(2)20(21)25/h3-5,8-9,11,15H,6-7,10,12-14H2,1-2H3/t15-,23-/m0/s1. The minimum atomic E-state index is -0.653. The Hall–Kier alpha value is -0.820. The van der Waals surface area contributed by atoms with Gasteiger partial charge in [-0.05, 0) is 71.9 Å². The Balaban J connectivity index is 1.73. The maximum absolute atomic E-state index is 13.9. The number of likely N-dealkylation sites (tertiary alicyclic amines) is 1. The highest BCUT2D eigenvalue weighted by Gasteiger charge is 2.47. The molecule has 2 aromatic rings. The molecule has 1 saturated heterocycles. The Morgan fingerprint density at radius 3 is 2.76 bits per heavy atom. The number of hydrogen-bond donors (Lipinski definition) is 0. The summed E-state index contributed by atoms with van der Waals surface area (Å²) < 4.78 is 7.41. The predicted molar refractivity (Wildman–Crippen MR) is 126 cm³/mol. The van der Waals surface area contributed by atoms with Crippen molar-refractivity contribution < 1.29 is 9.53 Å². The van der Waals surface area contributed by atoms with Crippen LogP contribution in [0.4, 0.5) is 0 Å². The minimum Gasteiger partial charge on any atom is -0.490 e. The highest BCUT2D eigenvalue weighted by molar-refractivity contribution is 9.11. The number of fused-ring (bicyclic) bond motifs is 1. The van der Waals surface area contributed by atoms with E-state index in [1.165, 1.54) is 12.8 Å². The van der Waals surface area contributed by atoms with E-state index in [-0.39, 0.29) is 5.78 Å².